The standard InChI is InChI=1S/C34H42N4O4/c1-24(2)19-28(22-39)37-33(40)30(20-27-21-35-23-36-27)38-34(41)32(17-9-6-13-25-11-4-3-5-12-25)42-31-18-10-15-26-14-7-8-16-29(26)31/h3-5,7-8,10-12,14-16,18,21,23-24,28,30,32,39H,6,9,13,17,19-20,22H2,1-2H3,(H,35,36)(H,37,40)(H,38,41)/t28-,30-,32?/m0/s1. The molecule has 4 N–H and O–H groups in total. The molecule has 4 aromatic rings. The van der Waals surface area contributed by atoms with Gasteiger partial charge in [-0.3, -0.25) is 9.59 Å². The number of aliphatic hydroxyl groups excluding tert-OH is 1. The summed E-state index contributed by atoms with van der Waals surface area (Å²) in [5.74, 6) is 0.206. The van der Waals surface area contributed by atoms with Crippen molar-refractivity contribution in [2.75, 3.05) is 6.61 Å². The molecule has 0 saturated carbocycles. The molecule has 0 aliphatic rings. The highest BCUT2D eigenvalue weighted by Gasteiger charge is 2.29. The lowest BCUT2D eigenvalue weighted by Crippen LogP contribution is -2.54. The normalized spacial score (nSPS) is 13.4. The van der Waals surface area contributed by atoms with Crippen LogP contribution in [0.1, 0.15) is 50.8 Å². The molecule has 2 amide bonds. The van der Waals surface area contributed by atoms with Crippen LogP contribution in [0.25, 0.3) is 10.8 Å². The van der Waals surface area contributed by atoms with Gasteiger partial charge in [-0.2, -0.15) is 0 Å². The zero-order chi connectivity index (χ0) is 29.7. The van der Waals surface area contributed by atoms with Crippen molar-refractivity contribution in [1.29, 1.82) is 0 Å². The summed E-state index contributed by atoms with van der Waals surface area (Å²) in [6.07, 6.45) is 6.31. The molecule has 0 saturated heterocycles. The summed E-state index contributed by atoms with van der Waals surface area (Å²) in [5, 5.41) is 17.7. The van der Waals surface area contributed by atoms with Crippen LogP contribution in [-0.4, -0.2) is 51.7 Å². The number of unbranched alkanes of at least 4 members (excludes halogenated alkanes) is 1. The molecule has 4 rings (SSSR count). The van der Waals surface area contributed by atoms with E-state index in [9.17, 15) is 14.7 Å². The highest BCUT2D eigenvalue weighted by Crippen LogP contribution is 2.27. The number of carbonyl (C=O) groups excluding carboxylic acids is 2. The number of imidazole rings is 1. The summed E-state index contributed by atoms with van der Waals surface area (Å²) in [5.41, 5.74) is 1.97. The van der Waals surface area contributed by atoms with Gasteiger partial charge in [0.25, 0.3) is 5.91 Å². The second kappa shape index (κ2) is 15.7. The van der Waals surface area contributed by atoms with Crippen molar-refractivity contribution < 1.29 is 19.4 Å². The van der Waals surface area contributed by atoms with Crippen molar-refractivity contribution in [2.45, 2.75) is 70.6 Å². The van der Waals surface area contributed by atoms with Crippen molar-refractivity contribution >= 4 is 22.6 Å². The third-order valence-electron chi connectivity index (χ3n) is 7.27. The van der Waals surface area contributed by atoms with Crippen LogP contribution in [0, 0.1) is 5.92 Å². The first-order valence-electron chi connectivity index (χ1n) is 14.8. The Morgan fingerprint density at radius 1 is 0.929 bits per heavy atom. The number of H-pyrrole nitrogens is 1. The number of nitrogens with one attached hydrogen (secondary N) is 3. The Labute approximate surface area is 247 Å². The van der Waals surface area contributed by atoms with E-state index in [0.29, 0.717) is 24.3 Å². The largest absolute Gasteiger partial charge is 0.480 e. The minimum absolute atomic E-state index is 0.178. The average Bonchev–Trinajstić information content (AvgIpc) is 3.51. The summed E-state index contributed by atoms with van der Waals surface area (Å²) in [7, 11) is 0. The van der Waals surface area contributed by atoms with E-state index < -0.39 is 18.2 Å². The van der Waals surface area contributed by atoms with Gasteiger partial charge in [-0.05, 0) is 55.0 Å². The number of aromatic amines is 1. The lowest BCUT2D eigenvalue weighted by Gasteiger charge is -2.26. The van der Waals surface area contributed by atoms with E-state index in [1.54, 1.807) is 12.5 Å². The fourth-order valence-electron chi connectivity index (χ4n) is 5.14. The summed E-state index contributed by atoms with van der Waals surface area (Å²) in [6, 6.07) is 22.7. The fraction of sp³-hybridized carbons (Fsp3) is 0.382. The maximum absolute atomic E-state index is 13.8. The van der Waals surface area contributed by atoms with Gasteiger partial charge in [0.05, 0.1) is 19.0 Å². The molecule has 1 aromatic heterocycles. The number of fused-ring (bicyclic) bond motifs is 1. The highest BCUT2D eigenvalue weighted by atomic mass is 16.5. The van der Waals surface area contributed by atoms with Gasteiger partial charge in [0.15, 0.2) is 6.10 Å². The van der Waals surface area contributed by atoms with Crippen molar-refractivity contribution in [3.05, 3.63) is 96.6 Å². The van der Waals surface area contributed by atoms with E-state index in [1.807, 2.05) is 74.5 Å². The summed E-state index contributed by atoms with van der Waals surface area (Å²) < 4.78 is 6.41. The lowest BCUT2D eigenvalue weighted by molar-refractivity contribution is -0.133. The van der Waals surface area contributed by atoms with Crippen LogP contribution in [0.3, 0.4) is 0 Å². The molecule has 0 radical (unpaired) electrons. The number of benzene rings is 3. The van der Waals surface area contributed by atoms with Gasteiger partial charge < -0.3 is 25.5 Å². The van der Waals surface area contributed by atoms with Crippen molar-refractivity contribution in [2.24, 2.45) is 5.92 Å². The van der Waals surface area contributed by atoms with E-state index in [2.05, 4.69) is 32.7 Å². The quantitative estimate of drug-likeness (QED) is 0.142. The number of rotatable bonds is 16. The summed E-state index contributed by atoms with van der Waals surface area (Å²) in [6.45, 7) is 3.89. The van der Waals surface area contributed by atoms with Crippen LogP contribution in [0.5, 0.6) is 5.75 Å². The van der Waals surface area contributed by atoms with Crippen molar-refractivity contribution in [3.63, 3.8) is 0 Å². The smallest absolute Gasteiger partial charge is 0.261 e. The third-order valence-corrected chi connectivity index (χ3v) is 7.27. The summed E-state index contributed by atoms with van der Waals surface area (Å²) >= 11 is 0. The number of hydrogen-bond donors (Lipinski definition) is 4. The van der Waals surface area contributed by atoms with Gasteiger partial charge in [-0.1, -0.05) is 80.6 Å². The predicted molar refractivity (Wildman–Crippen MR) is 165 cm³/mol. The average molecular weight is 571 g/mol. The van der Waals surface area contributed by atoms with Gasteiger partial charge in [0.1, 0.15) is 11.8 Å². The molecular weight excluding hydrogens is 528 g/mol. The molecule has 8 nitrogen and oxygen atoms in total. The first-order chi connectivity index (χ1) is 20.4. The van der Waals surface area contributed by atoms with Gasteiger partial charge in [0, 0.05) is 23.7 Å². The topological polar surface area (TPSA) is 116 Å². The Kier molecular flexibility index (Phi) is 11.5. The number of nitrogens with zero attached hydrogens (tertiary/aromatic N) is 1. The molecule has 1 unspecified atom stereocenters. The molecule has 42 heavy (non-hydrogen) atoms. The first-order valence-corrected chi connectivity index (χ1v) is 14.8. The van der Waals surface area contributed by atoms with E-state index in [1.165, 1.54) is 5.56 Å². The van der Waals surface area contributed by atoms with Crippen molar-refractivity contribution in [1.82, 2.24) is 20.6 Å². The highest BCUT2D eigenvalue weighted by molar-refractivity contribution is 5.91. The molecule has 8 heteroatoms. The monoisotopic (exact) mass is 570 g/mol. The Bertz CT molecular complexity index is 1390. The van der Waals surface area contributed by atoms with E-state index >= 15 is 0 Å². The van der Waals surface area contributed by atoms with Gasteiger partial charge in [-0.15, -0.1) is 0 Å². The predicted octanol–water partition coefficient (Wildman–Crippen LogP) is 4.97. The number of aliphatic hydroxyl groups is 1. The van der Waals surface area contributed by atoms with Crippen LogP contribution < -0.4 is 15.4 Å². The van der Waals surface area contributed by atoms with E-state index in [-0.39, 0.29) is 30.8 Å². The first kappa shape index (κ1) is 30.8. The molecule has 0 aliphatic heterocycles. The lowest BCUT2D eigenvalue weighted by atomic mass is 10.0. The Morgan fingerprint density at radius 3 is 2.43 bits per heavy atom. The third kappa shape index (κ3) is 9.17. The number of carbonyl (C=O) groups is 2. The SMILES string of the molecule is CC(C)C[C@@H](CO)NC(=O)[C@H](Cc1cnc[nH]1)NC(=O)C(CCCCc1ccccc1)Oc1cccc2ccccc12. The van der Waals surface area contributed by atoms with Gasteiger partial charge in [-0.25, -0.2) is 4.98 Å². The second-order valence-electron chi connectivity index (χ2n) is 11.2. The Morgan fingerprint density at radius 2 is 1.69 bits per heavy atom. The fourth-order valence-corrected chi connectivity index (χ4v) is 5.14. The Balaban J connectivity index is 1.51. The molecular formula is C34H42N4O4. The van der Waals surface area contributed by atoms with Crippen LogP contribution in [0.4, 0.5) is 0 Å². The van der Waals surface area contributed by atoms with Gasteiger partial charge in [0.2, 0.25) is 5.91 Å². The Hall–Kier alpha value is -4.17. The van der Waals surface area contributed by atoms with E-state index in [4.69, 9.17) is 4.74 Å². The second-order valence-corrected chi connectivity index (χ2v) is 11.2. The molecule has 3 atom stereocenters. The minimum atomic E-state index is -0.873. The molecule has 3 aromatic carbocycles. The molecule has 0 aliphatic carbocycles. The summed E-state index contributed by atoms with van der Waals surface area (Å²) in [4.78, 5) is 34.3. The van der Waals surface area contributed by atoms with Crippen LogP contribution in [-0.2, 0) is 22.4 Å². The number of aromatic nitrogens is 2. The molecule has 0 bridgehead atoms. The molecule has 222 valence electrons. The van der Waals surface area contributed by atoms with Crippen LogP contribution in [0.15, 0.2) is 85.3 Å². The molecule has 0 fully saturated rings. The van der Waals surface area contributed by atoms with Crippen LogP contribution in [0.2, 0.25) is 0 Å². The van der Waals surface area contributed by atoms with E-state index in [0.717, 1.165) is 30.0 Å². The molecule has 0 spiro atoms. The van der Waals surface area contributed by atoms with Crippen molar-refractivity contribution in [3.8, 4) is 5.75 Å². The maximum Gasteiger partial charge on any atom is 0.261 e. The number of hydrogen-bond acceptors (Lipinski definition) is 5. The molecule has 1 heterocycles. The zero-order valence-electron chi connectivity index (χ0n) is 24.5. The van der Waals surface area contributed by atoms with Crippen LogP contribution >= 0.6 is 0 Å². The zero-order valence-corrected chi connectivity index (χ0v) is 24.5. The van der Waals surface area contributed by atoms with Gasteiger partial charge >= 0.3 is 0 Å². The number of aryl methyl sites for hydroxylation is 1. The number of ether oxygens (including phenoxy) is 1. The minimum Gasteiger partial charge on any atom is -0.480 e. The maximum atomic E-state index is 13.8. The number of amides is 2.